The van der Waals surface area contributed by atoms with E-state index in [0.717, 1.165) is 38.5 Å². The predicted octanol–water partition coefficient (Wildman–Crippen LogP) is 9.25. The molecule has 10 heteroatoms. The van der Waals surface area contributed by atoms with E-state index < -0.39 is 32.0 Å². The summed E-state index contributed by atoms with van der Waals surface area (Å²) in [7, 11) is -4.36. The van der Waals surface area contributed by atoms with Gasteiger partial charge in [0.2, 0.25) is 5.91 Å². The molecule has 4 unspecified atom stereocenters. The van der Waals surface area contributed by atoms with Crippen LogP contribution in [-0.2, 0) is 18.4 Å². The number of amides is 1. The maximum Gasteiger partial charge on any atom is 0.472 e. The molecular weight excluding hydrogens is 615 g/mol. The molecule has 1 amide bonds. The number of nitrogens with one attached hydrogen (secondary N) is 1. The standard InChI is InChI=1S/C37H77N2O7P/c1-3-5-7-9-11-13-15-16-17-19-20-22-24-26-28-34(40)32-37(42)39-35(33-46-47(43,44)45-31-30-38)36(41)29-27-25-23-21-18-14-12-10-8-6-4-2/h34-36,40-41H,3-33,38H2,1-2H3,(H,39,42)(H,43,44). The monoisotopic (exact) mass is 693 g/mol. The van der Waals surface area contributed by atoms with Gasteiger partial charge < -0.3 is 26.2 Å². The number of phosphoric ester groups is 1. The van der Waals surface area contributed by atoms with Crippen LogP contribution in [0.5, 0.6) is 0 Å². The van der Waals surface area contributed by atoms with Crippen LogP contribution in [0.2, 0.25) is 0 Å². The zero-order chi connectivity index (χ0) is 34.9. The second-order valence-electron chi connectivity index (χ2n) is 13.7. The molecule has 0 aromatic carbocycles. The molecule has 0 aliphatic rings. The van der Waals surface area contributed by atoms with E-state index in [1.807, 2.05) is 0 Å². The lowest BCUT2D eigenvalue weighted by Crippen LogP contribution is -2.47. The molecule has 0 fully saturated rings. The molecule has 0 heterocycles. The van der Waals surface area contributed by atoms with Crippen LogP contribution in [0.25, 0.3) is 0 Å². The van der Waals surface area contributed by atoms with Gasteiger partial charge in [-0.3, -0.25) is 13.8 Å². The molecule has 282 valence electrons. The van der Waals surface area contributed by atoms with Crippen LogP contribution in [0.3, 0.4) is 0 Å². The van der Waals surface area contributed by atoms with E-state index in [4.69, 9.17) is 14.8 Å². The summed E-state index contributed by atoms with van der Waals surface area (Å²) < 4.78 is 22.0. The molecule has 47 heavy (non-hydrogen) atoms. The van der Waals surface area contributed by atoms with E-state index in [1.165, 1.54) is 122 Å². The summed E-state index contributed by atoms with van der Waals surface area (Å²) in [4.78, 5) is 22.7. The Morgan fingerprint density at radius 2 is 1.02 bits per heavy atom. The maximum atomic E-state index is 12.8. The zero-order valence-corrected chi connectivity index (χ0v) is 31.5. The van der Waals surface area contributed by atoms with Gasteiger partial charge in [0.15, 0.2) is 0 Å². The number of hydrogen-bond acceptors (Lipinski definition) is 7. The van der Waals surface area contributed by atoms with Gasteiger partial charge in [-0.05, 0) is 12.8 Å². The maximum absolute atomic E-state index is 12.8. The van der Waals surface area contributed by atoms with Gasteiger partial charge in [0.05, 0.1) is 37.9 Å². The molecule has 0 aliphatic carbocycles. The molecule has 0 rings (SSSR count). The van der Waals surface area contributed by atoms with Gasteiger partial charge in [-0.25, -0.2) is 4.57 Å². The molecule has 6 N–H and O–H groups in total. The third-order valence-corrected chi connectivity index (χ3v) is 10.00. The van der Waals surface area contributed by atoms with Crippen LogP contribution in [0.1, 0.15) is 194 Å². The molecule has 0 saturated heterocycles. The highest BCUT2D eigenvalue weighted by Gasteiger charge is 2.28. The summed E-state index contributed by atoms with van der Waals surface area (Å²) in [5.74, 6) is -0.412. The second-order valence-corrected chi connectivity index (χ2v) is 15.1. The van der Waals surface area contributed by atoms with Crippen LogP contribution in [0.15, 0.2) is 0 Å². The van der Waals surface area contributed by atoms with E-state index in [1.54, 1.807) is 0 Å². The summed E-state index contributed by atoms with van der Waals surface area (Å²) in [5, 5.41) is 24.1. The zero-order valence-electron chi connectivity index (χ0n) is 30.7. The normalized spacial score (nSPS) is 14.9. The van der Waals surface area contributed by atoms with Crippen molar-refractivity contribution in [3.8, 4) is 0 Å². The third kappa shape index (κ3) is 32.4. The molecule has 0 bridgehead atoms. The fraction of sp³-hybridized carbons (Fsp3) is 0.973. The van der Waals surface area contributed by atoms with Gasteiger partial charge >= 0.3 is 7.82 Å². The molecule has 0 radical (unpaired) electrons. The average Bonchev–Trinajstić information content (AvgIpc) is 3.04. The van der Waals surface area contributed by atoms with Crippen LogP contribution in [0.4, 0.5) is 0 Å². The average molecular weight is 693 g/mol. The number of aliphatic hydroxyl groups excluding tert-OH is 2. The number of phosphoric acid groups is 1. The predicted molar refractivity (Wildman–Crippen MR) is 195 cm³/mol. The number of nitrogens with two attached hydrogens (primary N) is 1. The van der Waals surface area contributed by atoms with Gasteiger partial charge in [0.25, 0.3) is 0 Å². The first-order valence-corrected chi connectivity index (χ1v) is 21.2. The van der Waals surface area contributed by atoms with Crippen molar-refractivity contribution in [3.05, 3.63) is 0 Å². The lowest BCUT2D eigenvalue weighted by atomic mass is 10.0. The summed E-state index contributed by atoms with van der Waals surface area (Å²) >= 11 is 0. The van der Waals surface area contributed by atoms with Crippen molar-refractivity contribution in [2.24, 2.45) is 5.73 Å². The number of rotatable bonds is 37. The Labute approximate surface area is 289 Å². The Morgan fingerprint density at radius 1 is 0.638 bits per heavy atom. The van der Waals surface area contributed by atoms with Crippen molar-refractivity contribution >= 4 is 13.7 Å². The molecule has 0 aromatic rings. The molecule has 0 saturated carbocycles. The first-order valence-electron chi connectivity index (χ1n) is 19.7. The van der Waals surface area contributed by atoms with Crippen molar-refractivity contribution < 1.29 is 33.5 Å². The highest BCUT2D eigenvalue weighted by atomic mass is 31.2. The first kappa shape index (κ1) is 46.5. The Morgan fingerprint density at radius 3 is 1.43 bits per heavy atom. The third-order valence-electron chi connectivity index (χ3n) is 9.02. The topological polar surface area (TPSA) is 151 Å². The van der Waals surface area contributed by atoms with E-state index in [-0.39, 0.29) is 26.2 Å². The van der Waals surface area contributed by atoms with Crippen molar-refractivity contribution in [2.75, 3.05) is 19.8 Å². The Hall–Kier alpha value is -0.540. The summed E-state index contributed by atoms with van der Waals surface area (Å²) in [5.41, 5.74) is 5.35. The quantitative estimate of drug-likeness (QED) is 0.0319. The fourth-order valence-corrected chi connectivity index (χ4v) is 6.76. The van der Waals surface area contributed by atoms with Crippen LogP contribution in [-0.4, -0.2) is 59.0 Å². The second kappa shape index (κ2) is 33.9. The molecule has 4 atom stereocenters. The Bertz CT molecular complexity index is 731. The van der Waals surface area contributed by atoms with Crippen molar-refractivity contribution in [2.45, 2.75) is 212 Å². The van der Waals surface area contributed by atoms with Crippen molar-refractivity contribution in [1.29, 1.82) is 0 Å². The van der Waals surface area contributed by atoms with Gasteiger partial charge in [-0.1, -0.05) is 174 Å². The molecule has 0 aromatic heterocycles. The van der Waals surface area contributed by atoms with Crippen molar-refractivity contribution in [1.82, 2.24) is 5.32 Å². The van der Waals surface area contributed by atoms with Gasteiger partial charge in [-0.2, -0.15) is 0 Å². The van der Waals surface area contributed by atoms with Gasteiger partial charge in [0.1, 0.15) is 0 Å². The minimum atomic E-state index is -4.36. The SMILES string of the molecule is CCCCCCCCCCCCCCCCC(O)CC(=O)NC(COP(=O)(O)OCCN)C(O)CCCCCCCCCCCCC. The van der Waals surface area contributed by atoms with Crippen molar-refractivity contribution in [3.63, 3.8) is 0 Å². The van der Waals surface area contributed by atoms with E-state index in [0.29, 0.717) is 12.8 Å². The Kier molecular flexibility index (Phi) is 33.5. The van der Waals surface area contributed by atoms with Gasteiger partial charge in [-0.15, -0.1) is 0 Å². The summed E-state index contributed by atoms with van der Waals surface area (Å²) in [6.45, 7) is 4.03. The lowest BCUT2D eigenvalue weighted by Gasteiger charge is -2.25. The minimum Gasteiger partial charge on any atom is -0.393 e. The fourth-order valence-electron chi connectivity index (χ4n) is 6.00. The molecule has 9 nitrogen and oxygen atoms in total. The number of unbranched alkanes of at least 4 members (excludes halogenated alkanes) is 23. The largest absolute Gasteiger partial charge is 0.472 e. The number of carbonyl (C=O) groups excluding carboxylic acids is 1. The van der Waals surface area contributed by atoms with Crippen LogP contribution < -0.4 is 11.1 Å². The lowest BCUT2D eigenvalue weighted by molar-refractivity contribution is -0.125. The van der Waals surface area contributed by atoms with E-state index >= 15 is 0 Å². The summed E-state index contributed by atoms with van der Waals surface area (Å²) in [6, 6.07) is -0.888. The number of carbonyl (C=O) groups is 1. The van der Waals surface area contributed by atoms with Crippen LogP contribution in [0, 0.1) is 0 Å². The van der Waals surface area contributed by atoms with Gasteiger partial charge in [0, 0.05) is 6.54 Å². The number of aliphatic hydroxyl groups is 2. The molecule has 0 aliphatic heterocycles. The summed E-state index contributed by atoms with van der Waals surface area (Å²) in [6.07, 6.45) is 30.0. The molecule has 0 spiro atoms. The van der Waals surface area contributed by atoms with Crippen LogP contribution >= 0.6 is 7.82 Å². The highest BCUT2D eigenvalue weighted by Crippen LogP contribution is 2.43. The van der Waals surface area contributed by atoms with E-state index in [2.05, 4.69) is 19.2 Å². The Balaban J connectivity index is 4.30. The highest BCUT2D eigenvalue weighted by molar-refractivity contribution is 7.47. The number of hydrogen-bond donors (Lipinski definition) is 5. The first-order chi connectivity index (χ1) is 22.8. The minimum absolute atomic E-state index is 0.0623. The smallest absolute Gasteiger partial charge is 0.393 e. The van der Waals surface area contributed by atoms with E-state index in [9.17, 15) is 24.5 Å². The molecular formula is C37H77N2O7P.